The monoisotopic (exact) mass is 243 g/mol. The van der Waals surface area contributed by atoms with E-state index >= 15 is 0 Å². The van der Waals surface area contributed by atoms with Crippen LogP contribution >= 0.6 is 0 Å². The topological polar surface area (TPSA) is 61.4 Å². The highest BCUT2D eigenvalue weighted by Crippen LogP contribution is 1.96. The second kappa shape index (κ2) is 8.98. The Morgan fingerprint density at radius 2 is 1.94 bits per heavy atom. The fourth-order valence-corrected chi connectivity index (χ4v) is 1.46. The van der Waals surface area contributed by atoms with Gasteiger partial charge in [0.05, 0.1) is 6.54 Å². The standard InChI is InChI=1S/C12H25N3O2/c1-5-7-14-11(16)9-15(4)12(17)8-10(3)13-6-2/h10,13H,5-9H2,1-4H3,(H,14,16). The van der Waals surface area contributed by atoms with Crippen LogP contribution in [0.3, 0.4) is 0 Å². The number of hydrogen-bond acceptors (Lipinski definition) is 3. The number of nitrogens with zero attached hydrogens (tertiary/aromatic N) is 1. The Kier molecular flexibility index (Phi) is 8.40. The first-order valence-electron chi connectivity index (χ1n) is 6.25. The van der Waals surface area contributed by atoms with Crippen LogP contribution in [0.25, 0.3) is 0 Å². The molecule has 17 heavy (non-hydrogen) atoms. The van der Waals surface area contributed by atoms with Crippen molar-refractivity contribution in [2.45, 2.75) is 39.7 Å². The molecule has 1 unspecified atom stereocenters. The van der Waals surface area contributed by atoms with E-state index in [1.807, 2.05) is 20.8 Å². The van der Waals surface area contributed by atoms with Crippen LogP contribution in [-0.2, 0) is 9.59 Å². The largest absolute Gasteiger partial charge is 0.355 e. The van der Waals surface area contributed by atoms with Gasteiger partial charge in [0.2, 0.25) is 11.8 Å². The Morgan fingerprint density at radius 1 is 1.29 bits per heavy atom. The molecule has 100 valence electrons. The van der Waals surface area contributed by atoms with E-state index in [0.717, 1.165) is 13.0 Å². The highest BCUT2D eigenvalue weighted by atomic mass is 16.2. The van der Waals surface area contributed by atoms with Crippen molar-refractivity contribution in [1.29, 1.82) is 0 Å². The van der Waals surface area contributed by atoms with Gasteiger partial charge in [-0.25, -0.2) is 0 Å². The molecule has 0 saturated carbocycles. The molecule has 0 spiro atoms. The van der Waals surface area contributed by atoms with Gasteiger partial charge in [-0.15, -0.1) is 0 Å². The first-order valence-corrected chi connectivity index (χ1v) is 6.25. The maximum absolute atomic E-state index is 11.7. The van der Waals surface area contributed by atoms with Crippen LogP contribution in [0.15, 0.2) is 0 Å². The SMILES string of the molecule is CCCNC(=O)CN(C)C(=O)CC(C)NCC. The third-order valence-electron chi connectivity index (χ3n) is 2.41. The molecule has 0 rings (SSSR count). The Labute approximate surface area is 104 Å². The summed E-state index contributed by atoms with van der Waals surface area (Å²) in [6, 6.07) is 0.147. The lowest BCUT2D eigenvalue weighted by Gasteiger charge is -2.19. The molecule has 0 heterocycles. The Morgan fingerprint density at radius 3 is 2.47 bits per heavy atom. The lowest BCUT2D eigenvalue weighted by atomic mass is 10.2. The molecule has 0 aliphatic rings. The van der Waals surface area contributed by atoms with Crippen molar-refractivity contribution in [3.8, 4) is 0 Å². The quantitative estimate of drug-likeness (QED) is 0.647. The van der Waals surface area contributed by atoms with Crippen molar-refractivity contribution in [1.82, 2.24) is 15.5 Å². The molecule has 0 fully saturated rings. The van der Waals surface area contributed by atoms with Gasteiger partial charge >= 0.3 is 0 Å². The summed E-state index contributed by atoms with van der Waals surface area (Å²) in [6.45, 7) is 7.60. The molecule has 2 amide bonds. The normalized spacial score (nSPS) is 12.0. The van der Waals surface area contributed by atoms with E-state index in [9.17, 15) is 9.59 Å². The zero-order valence-electron chi connectivity index (χ0n) is 11.4. The average molecular weight is 243 g/mol. The Balaban J connectivity index is 3.92. The molecule has 2 N–H and O–H groups in total. The Bertz CT molecular complexity index is 244. The molecule has 1 atom stereocenters. The van der Waals surface area contributed by atoms with E-state index in [4.69, 9.17) is 0 Å². The molecule has 0 radical (unpaired) electrons. The zero-order chi connectivity index (χ0) is 13.3. The van der Waals surface area contributed by atoms with E-state index in [2.05, 4.69) is 10.6 Å². The van der Waals surface area contributed by atoms with Crippen molar-refractivity contribution >= 4 is 11.8 Å². The molecule has 0 aromatic rings. The summed E-state index contributed by atoms with van der Waals surface area (Å²) < 4.78 is 0. The molecular weight excluding hydrogens is 218 g/mol. The smallest absolute Gasteiger partial charge is 0.239 e. The van der Waals surface area contributed by atoms with Gasteiger partial charge in [-0.05, 0) is 19.9 Å². The number of hydrogen-bond donors (Lipinski definition) is 2. The van der Waals surface area contributed by atoms with Crippen LogP contribution in [-0.4, -0.2) is 49.4 Å². The first-order chi connectivity index (χ1) is 8.01. The molecule has 0 saturated heterocycles. The van der Waals surface area contributed by atoms with Gasteiger partial charge in [0.15, 0.2) is 0 Å². The van der Waals surface area contributed by atoms with E-state index in [1.54, 1.807) is 7.05 Å². The minimum Gasteiger partial charge on any atom is -0.355 e. The van der Waals surface area contributed by atoms with E-state index in [1.165, 1.54) is 4.90 Å². The number of carbonyl (C=O) groups is 2. The molecule has 0 aromatic heterocycles. The van der Waals surface area contributed by atoms with Gasteiger partial charge in [0.1, 0.15) is 0 Å². The van der Waals surface area contributed by atoms with Gasteiger partial charge < -0.3 is 15.5 Å². The zero-order valence-corrected chi connectivity index (χ0v) is 11.4. The fraction of sp³-hybridized carbons (Fsp3) is 0.833. The number of amides is 2. The Hall–Kier alpha value is -1.10. The van der Waals surface area contributed by atoms with Crippen molar-refractivity contribution in [3.05, 3.63) is 0 Å². The van der Waals surface area contributed by atoms with Gasteiger partial charge in [0, 0.05) is 26.1 Å². The third-order valence-corrected chi connectivity index (χ3v) is 2.41. The van der Waals surface area contributed by atoms with Gasteiger partial charge in [-0.2, -0.15) is 0 Å². The van der Waals surface area contributed by atoms with Gasteiger partial charge in [-0.1, -0.05) is 13.8 Å². The van der Waals surface area contributed by atoms with Crippen LogP contribution in [0, 0.1) is 0 Å². The predicted octanol–water partition coefficient (Wildman–Crippen LogP) is 0.359. The van der Waals surface area contributed by atoms with Crippen LogP contribution < -0.4 is 10.6 Å². The molecule has 0 aliphatic heterocycles. The van der Waals surface area contributed by atoms with Gasteiger partial charge in [-0.3, -0.25) is 9.59 Å². The highest BCUT2D eigenvalue weighted by molar-refractivity contribution is 5.84. The number of carbonyl (C=O) groups excluding carboxylic acids is 2. The summed E-state index contributed by atoms with van der Waals surface area (Å²) >= 11 is 0. The minimum atomic E-state index is -0.0983. The van der Waals surface area contributed by atoms with Crippen LogP contribution in [0.1, 0.15) is 33.6 Å². The lowest BCUT2D eigenvalue weighted by Crippen LogP contribution is -2.41. The van der Waals surface area contributed by atoms with E-state index < -0.39 is 0 Å². The summed E-state index contributed by atoms with van der Waals surface area (Å²) in [5.41, 5.74) is 0. The summed E-state index contributed by atoms with van der Waals surface area (Å²) in [7, 11) is 1.66. The molecular formula is C12H25N3O2. The third kappa shape index (κ3) is 7.74. The number of likely N-dealkylation sites (N-methyl/N-ethyl adjacent to an activating group) is 1. The van der Waals surface area contributed by atoms with E-state index in [0.29, 0.717) is 13.0 Å². The van der Waals surface area contributed by atoms with Crippen molar-refractivity contribution in [2.75, 3.05) is 26.7 Å². The molecule has 5 heteroatoms. The van der Waals surface area contributed by atoms with Crippen LogP contribution in [0.2, 0.25) is 0 Å². The van der Waals surface area contributed by atoms with Crippen LogP contribution in [0.4, 0.5) is 0 Å². The van der Waals surface area contributed by atoms with E-state index in [-0.39, 0.29) is 24.4 Å². The maximum Gasteiger partial charge on any atom is 0.239 e. The van der Waals surface area contributed by atoms with Crippen LogP contribution in [0.5, 0.6) is 0 Å². The summed E-state index contributed by atoms with van der Waals surface area (Å²) in [5, 5.41) is 5.92. The lowest BCUT2D eigenvalue weighted by molar-refractivity contribution is -0.135. The summed E-state index contributed by atoms with van der Waals surface area (Å²) in [4.78, 5) is 24.6. The number of rotatable bonds is 8. The molecule has 0 aliphatic carbocycles. The highest BCUT2D eigenvalue weighted by Gasteiger charge is 2.14. The summed E-state index contributed by atoms with van der Waals surface area (Å²) in [6.07, 6.45) is 1.33. The molecule has 5 nitrogen and oxygen atoms in total. The van der Waals surface area contributed by atoms with Gasteiger partial charge in [0.25, 0.3) is 0 Å². The van der Waals surface area contributed by atoms with Crippen molar-refractivity contribution < 1.29 is 9.59 Å². The molecule has 0 aromatic carbocycles. The van der Waals surface area contributed by atoms with Crippen molar-refractivity contribution in [3.63, 3.8) is 0 Å². The predicted molar refractivity (Wildman–Crippen MR) is 68.7 cm³/mol. The second-order valence-electron chi connectivity index (χ2n) is 4.26. The average Bonchev–Trinajstić information content (AvgIpc) is 2.26. The molecule has 0 bridgehead atoms. The summed E-state index contributed by atoms with van der Waals surface area (Å²) in [5.74, 6) is -0.107. The fourth-order valence-electron chi connectivity index (χ4n) is 1.46. The minimum absolute atomic E-state index is 0.00917. The second-order valence-corrected chi connectivity index (χ2v) is 4.26. The maximum atomic E-state index is 11.7. The first kappa shape index (κ1) is 15.9. The number of nitrogens with one attached hydrogen (secondary N) is 2. The van der Waals surface area contributed by atoms with Crippen molar-refractivity contribution in [2.24, 2.45) is 0 Å².